The normalized spacial score (nSPS) is 25.3. The lowest BCUT2D eigenvalue weighted by Gasteiger charge is -2.10. The van der Waals surface area contributed by atoms with Crippen LogP contribution < -0.4 is 0 Å². The highest BCUT2D eigenvalue weighted by atomic mass is 16.5. The molecule has 1 aliphatic heterocycles. The summed E-state index contributed by atoms with van der Waals surface area (Å²) in [6.07, 6.45) is 0.774. The molecule has 1 fully saturated rings. The number of rotatable bonds is 3. The largest absolute Gasteiger partial charge is 0.381 e. The Balaban J connectivity index is 2.51. The third-order valence-electron chi connectivity index (χ3n) is 2.37. The quantitative estimate of drug-likeness (QED) is 0.589. The summed E-state index contributed by atoms with van der Waals surface area (Å²) in [6, 6.07) is 0. The van der Waals surface area contributed by atoms with Gasteiger partial charge >= 0.3 is 0 Å². The molecule has 0 aromatic rings. The first-order valence-electron chi connectivity index (χ1n) is 4.25. The van der Waals surface area contributed by atoms with E-state index >= 15 is 0 Å². The van der Waals surface area contributed by atoms with Crippen LogP contribution in [0.3, 0.4) is 0 Å². The van der Waals surface area contributed by atoms with E-state index in [9.17, 15) is 9.59 Å². The van der Waals surface area contributed by atoms with Crippen LogP contribution in [0.5, 0.6) is 0 Å². The molecule has 0 saturated carbocycles. The molecule has 3 heteroatoms. The van der Waals surface area contributed by atoms with Gasteiger partial charge in [0.1, 0.15) is 11.6 Å². The SMILES string of the molecule is CC(=O)C(C)C(=O)C1CCOC1. The molecule has 0 radical (unpaired) electrons. The van der Waals surface area contributed by atoms with Crippen molar-refractivity contribution < 1.29 is 14.3 Å². The van der Waals surface area contributed by atoms with Crippen molar-refractivity contribution >= 4 is 11.6 Å². The molecule has 1 aliphatic rings. The summed E-state index contributed by atoms with van der Waals surface area (Å²) in [5.74, 6) is -0.493. The predicted molar refractivity (Wildman–Crippen MR) is 43.8 cm³/mol. The lowest BCUT2D eigenvalue weighted by atomic mass is 9.91. The van der Waals surface area contributed by atoms with Gasteiger partial charge in [-0.15, -0.1) is 0 Å². The standard InChI is InChI=1S/C9H14O3/c1-6(7(2)10)9(11)8-3-4-12-5-8/h6,8H,3-5H2,1-2H3. The first-order chi connectivity index (χ1) is 5.63. The van der Waals surface area contributed by atoms with Gasteiger partial charge in [0.25, 0.3) is 0 Å². The highest BCUT2D eigenvalue weighted by molar-refractivity contribution is 6.02. The van der Waals surface area contributed by atoms with Crippen molar-refractivity contribution in [2.24, 2.45) is 11.8 Å². The average molecular weight is 170 g/mol. The monoisotopic (exact) mass is 170 g/mol. The number of ether oxygens (including phenoxy) is 1. The van der Waals surface area contributed by atoms with E-state index in [4.69, 9.17) is 4.74 Å². The second kappa shape index (κ2) is 3.81. The van der Waals surface area contributed by atoms with Gasteiger partial charge in [0.2, 0.25) is 0 Å². The molecular weight excluding hydrogens is 156 g/mol. The zero-order chi connectivity index (χ0) is 9.14. The van der Waals surface area contributed by atoms with Gasteiger partial charge in [-0.2, -0.15) is 0 Å². The second-order valence-electron chi connectivity index (χ2n) is 3.30. The van der Waals surface area contributed by atoms with Crippen LogP contribution in [-0.2, 0) is 14.3 Å². The van der Waals surface area contributed by atoms with Gasteiger partial charge in [-0.05, 0) is 20.3 Å². The van der Waals surface area contributed by atoms with E-state index in [1.54, 1.807) is 6.92 Å². The van der Waals surface area contributed by atoms with Gasteiger partial charge in [0.05, 0.1) is 12.5 Å². The summed E-state index contributed by atoms with van der Waals surface area (Å²) in [5, 5.41) is 0. The Morgan fingerprint density at radius 1 is 1.50 bits per heavy atom. The molecule has 12 heavy (non-hydrogen) atoms. The maximum absolute atomic E-state index is 11.5. The molecule has 2 unspecified atom stereocenters. The smallest absolute Gasteiger partial charge is 0.148 e. The van der Waals surface area contributed by atoms with Crippen molar-refractivity contribution in [1.29, 1.82) is 0 Å². The van der Waals surface area contributed by atoms with Crippen LogP contribution in [0, 0.1) is 11.8 Å². The molecule has 68 valence electrons. The first kappa shape index (κ1) is 9.39. The summed E-state index contributed by atoms with van der Waals surface area (Å²) < 4.78 is 5.08. The van der Waals surface area contributed by atoms with Crippen LogP contribution in [-0.4, -0.2) is 24.8 Å². The number of hydrogen-bond acceptors (Lipinski definition) is 3. The van der Waals surface area contributed by atoms with Crippen molar-refractivity contribution in [2.45, 2.75) is 20.3 Å². The fraction of sp³-hybridized carbons (Fsp3) is 0.778. The average Bonchev–Trinajstić information content (AvgIpc) is 2.53. The summed E-state index contributed by atoms with van der Waals surface area (Å²) in [5.41, 5.74) is 0. The molecule has 0 spiro atoms. The van der Waals surface area contributed by atoms with Gasteiger partial charge in [-0.1, -0.05) is 0 Å². The third kappa shape index (κ3) is 1.91. The van der Waals surface area contributed by atoms with E-state index in [-0.39, 0.29) is 17.5 Å². The molecule has 0 N–H and O–H groups in total. The third-order valence-corrected chi connectivity index (χ3v) is 2.37. The molecule has 0 bridgehead atoms. The highest BCUT2D eigenvalue weighted by Gasteiger charge is 2.29. The van der Waals surface area contributed by atoms with Gasteiger partial charge in [-0.25, -0.2) is 0 Å². The molecule has 0 aromatic carbocycles. The van der Waals surface area contributed by atoms with Gasteiger partial charge < -0.3 is 4.74 Å². The van der Waals surface area contributed by atoms with Crippen LogP contribution in [0.1, 0.15) is 20.3 Å². The molecule has 0 aliphatic carbocycles. The Hall–Kier alpha value is -0.700. The number of Topliss-reactive ketones (excluding diaryl/α,β-unsaturated/α-hetero) is 2. The van der Waals surface area contributed by atoms with E-state index in [0.717, 1.165) is 6.42 Å². The van der Waals surface area contributed by atoms with Crippen LogP contribution in [0.25, 0.3) is 0 Å². The molecular formula is C9H14O3. The lowest BCUT2D eigenvalue weighted by Crippen LogP contribution is -2.26. The minimum Gasteiger partial charge on any atom is -0.381 e. The highest BCUT2D eigenvalue weighted by Crippen LogP contribution is 2.17. The van der Waals surface area contributed by atoms with Crippen LogP contribution in [0.2, 0.25) is 0 Å². The molecule has 1 heterocycles. The zero-order valence-electron chi connectivity index (χ0n) is 7.50. The van der Waals surface area contributed by atoms with Crippen LogP contribution in [0.4, 0.5) is 0 Å². The summed E-state index contributed by atoms with van der Waals surface area (Å²) in [7, 11) is 0. The predicted octanol–water partition coefficient (Wildman–Crippen LogP) is 0.817. The van der Waals surface area contributed by atoms with E-state index < -0.39 is 5.92 Å². The van der Waals surface area contributed by atoms with Crippen molar-refractivity contribution in [3.8, 4) is 0 Å². The van der Waals surface area contributed by atoms with Gasteiger partial charge in [0.15, 0.2) is 0 Å². The molecule has 3 nitrogen and oxygen atoms in total. The van der Waals surface area contributed by atoms with Crippen molar-refractivity contribution in [2.75, 3.05) is 13.2 Å². The van der Waals surface area contributed by atoms with Crippen LogP contribution in [0.15, 0.2) is 0 Å². The number of hydrogen-bond donors (Lipinski definition) is 0. The Labute approximate surface area is 72.1 Å². The fourth-order valence-electron chi connectivity index (χ4n) is 1.31. The van der Waals surface area contributed by atoms with Gasteiger partial charge in [-0.3, -0.25) is 9.59 Å². The molecule has 0 amide bonds. The lowest BCUT2D eigenvalue weighted by molar-refractivity contribution is -0.133. The van der Waals surface area contributed by atoms with E-state index in [2.05, 4.69) is 0 Å². The number of ketones is 2. The molecule has 0 aromatic heterocycles. The zero-order valence-corrected chi connectivity index (χ0v) is 7.50. The Bertz CT molecular complexity index is 192. The Kier molecular flexibility index (Phi) is 2.98. The van der Waals surface area contributed by atoms with E-state index in [1.807, 2.05) is 0 Å². The number of carbonyl (C=O) groups is 2. The van der Waals surface area contributed by atoms with Gasteiger partial charge in [0, 0.05) is 12.5 Å². The summed E-state index contributed by atoms with van der Waals surface area (Å²) in [4.78, 5) is 22.4. The summed E-state index contributed by atoms with van der Waals surface area (Å²) in [6.45, 7) is 4.28. The maximum Gasteiger partial charge on any atom is 0.148 e. The maximum atomic E-state index is 11.5. The van der Waals surface area contributed by atoms with E-state index in [1.165, 1.54) is 6.92 Å². The Morgan fingerprint density at radius 2 is 2.17 bits per heavy atom. The van der Waals surface area contributed by atoms with Crippen LogP contribution >= 0.6 is 0 Å². The number of carbonyl (C=O) groups excluding carboxylic acids is 2. The van der Waals surface area contributed by atoms with Crippen molar-refractivity contribution in [1.82, 2.24) is 0 Å². The Morgan fingerprint density at radius 3 is 2.58 bits per heavy atom. The van der Waals surface area contributed by atoms with Crippen molar-refractivity contribution in [3.05, 3.63) is 0 Å². The fourth-order valence-corrected chi connectivity index (χ4v) is 1.31. The molecule has 1 rings (SSSR count). The van der Waals surface area contributed by atoms with Crippen molar-refractivity contribution in [3.63, 3.8) is 0 Å². The topological polar surface area (TPSA) is 43.4 Å². The molecule has 2 atom stereocenters. The minimum atomic E-state index is -0.448. The second-order valence-corrected chi connectivity index (χ2v) is 3.30. The summed E-state index contributed by atoms with van der Waals surface area (Å²) >= 11 is 0. The molecule has 1 saturated heterocycles. The van der Waals surface area contributed by atoms with E-state index in [0.29, 0.717) is 13.2 Å². The first-order valence-corrected chi connectivity index (χ1v) is 4.25. The minimum absolute atomic E-state index is 0.0381.